The van der Waals surface area contributed by atoms with Gasteiger partial charge in [-0.05, 0) is 36.3 Å². The predicted octanol–water partition coefficient (Wildman–Crippen LogP) is 2.73. The van der Waals surface area contributed by atoms with Gasteiger partial charge in [0.1, 0.15) is 4.21 Å². The maximum absolute atomic E-state index is 12.1. The van der Waals surface area contributed by atoms with E-state index in [2.05, 4.69) is 18.6 Å². The Balaban J connectivity index is 2.54. The molecule has 0 saturated heterocycles. The third kappa shape index (κ3) is 5.60. The number of aliphatic hydroxyl groups is 1. The minimum atomic E-state index is -3.44. The Hall–Kier alpha value is -0.430. The standard InChI is InChI=1S/C13H23NO3S2/c1-10(2)5-4-6-11(3)14-19(16,17)13-7-12(8-15)9-18-13/h7,9-11,14-15H,4-6,8H2,1-3H3. The summed E-state index contributed by atoms with van der Waals surface area (Å²) >= 11 is 1.14. The number of aliphatic hydroxyl groups excluding tert-OH is 1. The van der Waals surface area contributed by atoms with Gasteiger partial charge in [0.05, 0.1) is 6.61 Å². The van der Waals surface area contributed by atoms with Gasteiger partial charge in [-0.2, -0.15) is 0 Å². The zero-order chi connectivity index (χ0) is 14.5. The summed E-state index contributed by atoms with van der Waals surface area (Å²) in [6.45, 7) is 6.09. The second-order valence-electron chi connectivity index (χ2n) is 5.28. The van der Waals surface area contributed by atoms with E-state index in [1.165, 1.54) is 6.07 Å². The van der Waals surface area contributed by atoms with Gasteiger partial charge in [0.2, 0.25) is 10.0 Å². The van der Waals surface area contributed by atoms with E-state index in [-0.39, 0.29) is 16.9 Å². The van der Waals surface area contributed by atoms with Crippen LogP contribution in [0.25, 0.3) is 0 Å². The van der Waals surface area contributed by atoms with E-state index in [4.69, 9.17) is 5.11 Å². The molecule has 1 aromatic rings. The van der Waals surface area contributed by atoms with Crippen molar-refractivity contribution >= 4 is 21.4 Å². The lowest BCUT2D eigenvalue weighted by atomic mass is 10.0. The number of hydrogen-bond donors (Lipinski definition) is 2. The molecule has 0 radical (unpaired) electrons. The average molecular weight is 305 g/mol. The van der Waals surface area contributed by atoms with Gasteiger partial charge in [-0.3, -0.25) is 0 Å². The van der Waals surface area contributed by atoms with Crippen molar-refractivity contribution in [2.75, 3.05) is 0 Å². The van der Waals surface area contributed by atoms with Crippen LogP contribution >= 0.6 is 11.3 Å². The minimum absolute atomic E-state index is 0.0663. The van der Waals surface area contributed by atoms with Crippen LogP contribution in [0.3, 0.4) is 0 Å². The summed E-state index contributed by atoms with van der Waals surface area (Å²) in [6, 6.07) is 1.46. The fraction of sp³-hybridized carbons (Fsp3) is 0.692. The second-order valence-corrected chi connectivity index (χ2v) is 8.13. The number of hydrogen-bond acceptors (Lipinski definition) is 4. The third-order valence-electron chi connectivity index (χ3n) is 2.85. The maximum atomic E-state index is 12.1. The Bertz CT molecular complexity index is 480. The molecule has 6 heteroatoms. The fourth-order valence-electron chi connectivity index (χ4n) is 1.79. The summed E-state index contributed by atoms with van der Waals surface area (Å²) in [7, 11) is -3.44. The molecule has 0 aliphatic rings. The van der Waals surface area contributed by atoms with Crippen LogP contribution in [0.15, 0.2) is 15.7 Å². The molecule has 0 amide bonds. The van der Waals surface area contributed by atoms with Gasteiger partial charge in [0.15, 0.2) is 0 Å². The molecule has 1 heterocycles. The molecule has 0 saturated carbocycles. The van der Waals surface area contributed by atoms with Gasteiger partial charge in [0, 0.05) is 6.04 Å². The molecule has 0 aliphatic carbocycles. The Morgan fingerprint density at radius 1 is 1.32 bits per heavy atom. The van der Waals surface area contributed by atoms with Crippen molar-refractivity contribution in [1.82, 2.24) is 4.72 Å². The Labute approximate surface area is 119 Å². The average Bonchev–Trinajstić information content (AvgIpc) is 2.76. The van der Waals surface area contributed by atoms with E-state index in [0.717, 1.165) is 30.6 Å². The first-order chi connectivity index (χ1) is 8.85. The lowest BCUT2D eigenvalue weighted by Crippen LogP contribution is -2.32. The van der Waals surface area contributed by atoms with Crippen molar-refractivity contribution in [2.45, 2.75) is 56.9 Å². The first kappa shape index (κ1) is 16.6. The van der Waals surface area contributed by atoms with Crippen LogP contribution in [-0.2, 0) is 16.6 Å². The highest BCUT2D eigenvalue weighted by Gasteiger charge is 2.19. The van der Waals surface area contributed by atoms with Gasteiger partial charge in [0.25, 0.3) is 0 Å². The Kier molecular flexibility index (Phi) is 6.46. The minimum Gasteiger partial charge on any atom is -0.392 e. The largest absolute Gasteiger partial charge is 0.392 e. The smallest absolute Gasteiger partial charge is 0.250 e. The highest BCUT2D eigenvalue weighted by molar-refractivity contribution is 7.91. The first-order valence-corrected chi connectivity index (χ1v) is 8.92. The molecule has 1 atom stereocenters. The third-order valence-corrected chi connectivity index (χ3v) is 5.93. The van der Waals surface area contributed by atoms with Gasteiger partial charge >= 0.3 is 0 Å². The van der Waals surface area contributed by atoms with Crippen LogP contribution in [0.1, 0.15) is 45.6 Å². The quantitative estimate of drug-likeness (QED) is 0.776. The summed E-state index contributed by atoms with van der Waals surface area (Å²) in [4.78, 5) is 0. The van der Waals surface area contributed by atoms with E-state index in [9.17, 15) is 8.42 Å². The predicted molar refractivity (Wildman–Crippen MR) is 78.7 cm³/mol. The van der Waals surface area contributed by atoms with Crippen molar-refractivity contribution in [3.63, 3.8) is 0 Å². The van der Waals surface area contributed by atoms with Crippen LogP contribution in [0.2, 0.25) is 0 Å². The number of thiophene rings is 1. The zero-order valence-corrected chi connectivity index (χ0v) is 13.4. The molecule has 0 bridgehead atoms. The van der Waals surface area contributed by atoms with E-state index in [1.807, 2.05) is 6.92 Å². The van der Waals surface area contributed by atoms with Gasteiger partial charge < -0.3 is 5.11 Å². The molecule has 4 nitrogen and oxygen atoms in total. The fourth-order valence-corrected chi connectivity index (χ4v) is 4.29. The molecular weight excluding hydrogens is 282 g/mol. The van der Waals surface area contributed by atoms with Crippen molar-refractivity contribution in [2.24, 2.45) is 5.92 Å². The van der Waals surface area contributed by atoms with Crippen LogP contribution in [0, 0.1) is 5.92 Å². The summed E-state index contributed by atoms with van der Waals surface area (Å²) in [5, 5.41) is 10.6. The highest BCUT2D eigenvalue weighted by Crippen LogP contribution is 2.21. The van der Waals surface area contributed by atoms with Crippen LogP contribution in [0.4, 0.5) is 0 Å². The Morgan fingerprint density at radius 2 is 2.00 bits per heavy atom. The maximum Gasteiger partial charge on any atom is 0.250 e. The lowest BCUT2D eigenvalue weighted by molar-refractivity contribution is 0.282. The normalized spacial score (nSPS) is 13.9. The molecule has 0 aromatic carbocycles. The monoisotopic (exact) mass is 305 g/mol. The van der Waals surface area contributed by atoms with Crippen molar-refractivity contribution in [1.29, 1.82) is 0 Å². The molecular formula is C13H23NO3S2. The highest BCUT2D eigenvalue weighted by atomic mass is 32.2. The zero-order valence-electron chi connectivity index (χ0n) is 11.7. The van der Waals surface area contributed by atoms with Crippen molar-refractivity contribution in [3.8, 4) is 0 Å². The summed E-state index contributed by atoms with van der Waals surface area (Å²) < 4.78 is 27.1. The summed E-state index contributed by atoms with van der Waals surface area (Å²) in [5.74, 6) is 0.646. The summed E-state index contributed by atoms with van der Waals surface area (Å²) in [6.07, 6.45) is 2.98. The molecule has 0 aliphatic heterocycles. The topological polar surface area (TPSA) is 66.4 Å². The van der Waals surface area contributed by atoms with Crippen LogP contribution < -0.4 is 4.72 Å². The van der Waals surface area contributed by atoms with E-state index < -0.39 is 10.0 Å². The SMILES string of the molecule is CC(C)CCCC(C)NS(=O)(=O)c1cc(CO)cs1. The number of rotatable bonds is 8. The molecule has 1 aromatic heterocycles. The Morgan fingerprint density at radius 3 is 2.53 bits per heavy atom. The van der Waals surface area contributed by atoms with Gasteiger partial charge in [-0.25, -0.2) is 13.1 Å². The number of sulfonamides is 1. The first-order valence-electron chi connectivity index (χ1n) is 6.55. The molecule has 19 heavy (non-hydrogen) atoms. The van der Waals surface area contributed by atoms with E-state index in [0.29, 0.717) is 11.5 Å². The molecule has 2 N–H and O–H groups in total. The van der Waals surface area contributed by atoms with Crippen molar-refractivity contribution < 1.29 is 13.5 Å². The molecule has 110 valence electrons. The second kappa shape index (κ2) is 7.38. The van der Waals surface area contributed by atoms with Gasteiger partial charge in [-0.15, -0.1) is 11.3 Å². The van der Waals surface area contributed by atoms with E-state index >= 15 is 0 Å². The van der Waals surface area contributed by atoms with Crippen LogP contribution in [-0.4, -0.2) is 19.6 Å². The molecule has 0 fully saturated rings. The molecule has 1 unspecified atom stereocenters. The van der Waals surface area contributed by atoms with E-state index in [1.54, 1.807) is 5.38 Å². The van der Waals surface area contributed by atoms with Crippen LogP contribution in [0.5, 0.6) is 0 Å². The summed E-state index contributed by atoms with van der Waals surface area (Å²) in [5.41, 5.74) is 0.637. The lowest BCUT2D eigenvalue weighted by Gasteiger charge is -2.13. The molecule has 1 rings (SSSR count). The van der Waals surface area contributed by atoms with Gasteiger partial charge in [-0.1, -0.05) is 26.7 Å². The molecule has 0 spiro atoms. The van der Waals surface area contributed by atoms with Crippen molar-refractivity contribution in [3.05, 3.63) is 17.0 Å². The number of nitrogens with one attached hydrogen (secondary N) is 1.